The number of hydrogen-bond donors (Lipinski definition) is 0. The van der Waals surface area contributed by atoms with Crippen LogP contribution in [0.15, 0.2) is 53.3 Å². The summed E-state index contributed by atoms with van der Waals surface area (Å²) >= 11 is 0. The van der Waals surface area contributed by atoms with Crippen molar-refractivity contribution in [2.24, 2.45) is 0 Å². The number of rotatable bonds is 4. The highest BCUT2D eigenvalue weighted by molar-refractivity contribution is 5.92. The van der Waals surface area contributed by atoms with Crippen LogP contribution < -0.4 is 4.74 Å². The van der Waals surface area contributed by atoms with Crippen molar-refractivity contribution in [1.82, 2.24) is 20.0 Å². The zero-order chi connectivity index (χ0) is 18.6. The predicted molar refractivity (Wildman–Crippen MR) is 97.7 cm³/mol. The van der Waals surface area contributed by atoms with E-state index in [4.69, 9.17) is 9.26 Å². The standard InChI is InChI=1S/C20H20N4O3/c1-14-10-17(23-27-14)20(25)24-9-5-6-15(13-24)18-11-21-12-19(22-18)26-16-7-3-2-4-8-16/h2-4,7-8,10-12,15H,5-6,9,13H2,1H3. The van der Waals surface area contributed by atoms with Crippen molar-refractivity contribution in [2.75, 3.05) is 13.1 Å². The normalized spacial score (nSPS) is 16.9. The molecule has 3 heterocycles. The number of aryl methyl sites for hydroxylation is 1. The minimum absolute atomic E-state index is 0.110. The molecule has 7 nitrogen and oxygen atoms in total. The molecule has 1 atom stereocenters. The van der Waals surface area contributed by atoms with Crippen molar-refractivity contribution in [2.45, 2.75) is 25.7 Å². The van der Waals surface area contributed by atoms with Gasteiger partial charge in [0.1, 0.15) is 11.5 Å². The molecule has 4 rings (SSSR count). The maximum Gasteiger partial charge on any atom is 0.276 e. The summed E-state index contributed by atoms with van der Waals surface area (Å²) in [6, 6.07) is 11.1. The van der Waals surface area contributed by atoms with Gasteiger partial charge < -0.3 is 14.2 Å². The zero-order valence-corrected chi connectivity index (χ0v) is 15.0. The van der Waals surface area contributed by atoms with Gasteiger partial charge in [-0.2, -0.15) is 0 Å². The first kappa shape index (κ1) is 17.2. The highest BCUT2D eigenvalue weighted by atomic mass is 16.5. The molecule has 2 aromatic heterocycles. The van der Waals surface area contributed by atoms with Crippen molar-refractivity contribution in [3.8, 4) is 11.6 Å². The van der Waals surface area contributed by atoms with Gasteiger partial charge in [-0.3, -0.25) is 9.78 Å². The minimum Gasteiger partial charge on any atom is -0.437 e. The van der Waals surface area contributed by atoms with E-state index in [1.54, 1.807) is 30.3 Å². The van der Waals surface area contributed by atoms with Gasteiger partial charge in [-0.25, -0.2) is 4.98 Å². The van der Waals surface area contributed by atoms with E-state index < -0.39 is 0 Å². The lowest BCUT2D eigenvalue weighted by atomic mass is 9.95. The van der Waals surface area contributed by atoms with Crippen LogP contribution in [0.2, 0.25) is 0 Å². The molecule has 138 valence electrons. The quantitative estimate of drug-likeness (QED) is 0.704. The van der Waals surface area contributed by atoms with Gasteiger partial charge in [0.15, 0.2) is 5.69 Å². The second-order valence-electron chi connectivity index (χ2n) is 6.61. The van der Waals surface area contributed by atoms with Crippen LogP contribution in [0.4, 0.5) is 0 Å². The molecule has 0 spiro atoms. The van der Waals surface area contributed by atoms with E-state index in [0.717, 1.165) is 18.5 Å². The van der Waals surface area contributed by atoms with Crippen molar-refractivity contribution in [1.29, 1.82) is 0 Å². The summed E-state index contributed by atoms with van der Waals surface area (Å²) in [4.78, 5) is 23.3. The Bertz CT molecular complexity index is 926. The Kier molecular flexibility index (Phi) is 4.82. The number of hydrogen-bond acceptors (Lipinski definition) is 6. The number of amides is 1. The number of ether oxygens (including phenoxy) is 1. The van der Waals surface area contributed by atoms with E-state index in [2.05, 4.69) is 15.1 Å². The molecule has 0 N–H and O–H groups in total. The van der Waals surface area contributed by atoms with Crippen molar-refractivity contribution in [3.63, 3.8) is 0 Å². The van der Waals surface area contributed by atoms with E-state index in [1.807, 2.05) is 30.3 Å². The van der Waals surface area contributed by atoms with Crippen LogP contribution in [0.1, 0.15) is 40.7 Å². The van der Waals surface area contributed by atoms with Crippen LogP contribution in [0.25, 0.3) is 0 Å². The Morgan fingerprint density at radius 2 is 2.11 bits per heavy atom. The fourth-order valence-corrected chi connectivity index (χ4v) is 3.25. The molecule has 1 aliphatic rings. The Hall–Kier alpha value is -3.22. The van der Waals surface area contributed by atoms with Crippen LogP contribution in [0.3, 0.4) is 0 Å². The maximum absolute atomic E-state index is 12.6. The Morgan fingerprint density at radius 3 is 2.89 bits per heavy atom. The largest absolute Gasteiger partial charge is 0.437 e. The Balaban J connectivity index is 1.48. The molecule has 0 saturated carbocycles. The smallest absolute Gasteiger partial charge is 0.276 e. The fourth-order valence-electron chi connectivity index (χ4n) is 3.25. The van der Waals surface area contributed by atoms with E-state index in [9.17, 15) is 4.79 Å². The lowest BCUT2D eigenvalue weighted by molar-refractivity contribution is 0.0695. The second-order valence-corrected chi connectivity index (χ2v) is 6.61. The molecule has 1 aromatic carbocycles. The van der Waals surface area contributed by atoms with E-state index >= 15 is 0 Å². The Morgan fingerprint density at radius 1 is 1.26 bits per heavy atom. The van der Waals surface area contributed by atoms with Gasteiger partial charge in [0.2, 0.25) is 5.88 Å². The number of benzene rings is 1. The monoisotopic (exact) mass is 364 g/mol. The summed E-state index contributed by atoms with van der Waals surface area (Å²) in [5.41, 5.74) is 1.18. The molecule has 1 amide bonds. The first-order valence-electron chi connectivity index (χ1n) is 8.96. The fraction of sp³-hybridized carbons (Fsp3) is 0.300. The van der Waals surface area contributed by atoms with Gasteiger partial charge in [-0.15, -0.1) is 0 Å². The van der Waals surface area contributed by atoms with Gasteiger partial charge in [-0.05, 0) is 31.9 Å². The lowest BCUT2D eigenvalue weighted by Crippen LogP contribution is -2.39. The van der Waals surface area contributed by atoms with Crippen molar-refractivity contribution in [3.05, 3.63) is 65.9 Å². The number of nitrogens with zero attached hydrogens (tertiary/aromatic N) is 4. The van der Waals surface area contributed by atoms with Crippen LogP contribution in [-0.4, -0.2) is 39.0 Å². The zero-order valence-electron chi connectivity index (χ0n) is 15.0. The first-order chi connectivity index (χ1) is 13.2. The van der Waals surface area contributed by atoms with Crippen LogP contribution in [-0.2, 0) is 0 Å². The first-order valence-corrected chi connectivity index (χ1v) is 8.96. The molecule has 0 aliphatic carbocycles. The van der Waals surface area contributed by atoms with E-state index in [1.165, 1.54) is 0 Å². The van der Waals surface area contributed by atoms with Crippen molar-refractivity contribution < 1.29 is 14.1 Å². The highest BCUT2D eigenvalue weighted by Gasteiger charge is 2.28. The van der Waals surface area contributed by atoms with Gasteiger partial charge in [0.05, 0.1) is 11.9 Å². The number of carbonyl (C=O) groups excluding carboxylic acids is 1. The molecule has 7 heteroatoms. The number of para-hydroxylation sites is 1. The van der Waals surface area contributed by atoms with Gasteiger partial charge >= 0.3 is 0 Å². The van der Waals surface area contributed by atoms with Crippen LogP contribution in [0.5, 0.6) is 11.6 Å². The number of likely N-dealkylation sites (tertiary alicyclic amines) is 1. The number of piperidine rings is 1. The average molecular weight is 364 g/mol. The minimum atomic E-state index is -0.110. The third-order valence-electron chi connectivity index (χ3n) is 4.57. The molecule has 1 fully saturated rings. The van der Waals surface area contributed by atoms with Crippen LogP contribution in [0, 0.1) is 6.92 Å². The third kappa shape index (κ3) is 3.97. The SMILES string of the molecule is Cc1cc(C(=O)N2CCCC(c3cncc(Oc4ccccc4)n3)C2)no1. The molecule has 1 saturated heterocycles. The molecular weight excluding hydrogens is 344 g/mol. The second kappa shape index (κ2) is 7.57. The number of aromatic nitrogens is 3. The van der Waals surface area contributed by atoms with Crippen LogP contribution >= 0.6 is 0 Å². The molecule has 1 aliphatic heterocycles. The summed E-state index contributed by atoms with van der Waals surface area (Å²) in [5, 5.41) is 3.84. The predicted octanol–water partition coefficient (Wildman–Crippen LogP) is 3.59. The van der Waals surface area contributed by atoms with Gasteiger partial charge in [0, 0.05) is 31.3 Å². The molecule has 0 radical (unpaired) electrons. The summed E-state index contributed by atoms with van der Waals surface area (Å²) in [7, 11) is 0. The summed E-state index contributed by atoms with van der Waals surface area (Å²) in [5.74, 6) is 1.80. The van der Waals surface area contributed by atoms with Gasteiger partial charge in [-0.1, -0.05) is 23.4 Å². The van der Waals surface area contributed by atoms with E-state index in [-0.39, 0.29) is 11.8 Å². The molecule has 3 aromatic rings. The highest BCUT2D eigenvalue weighted by Crippen LogP contribution is 2.28. The topological polar surface area (TPSA) is 81.4 Å². The molecule has 0 bridgehead atoms. The number of carbonyl (C=O) groups is 1. The molecule has 27 heavy (non-hydrogen) atoms. The summed E-state index contributed by atoms with van der Waals surface area (Å²) in [6.07, 6.45) is 5.20. The lowest BCUT2D eigenvalue weighted by Gasteiger charge is -2.31. The third-order valence-corrected chi connectivity index (χ3v) is 4.57. The average Bonchev–Trinajstić information content (AvgIpc) is 3.15. The summed E-state index contributed by atoms with van der Waals surface area (Å²) in [6.45, 7) is 3.06. The van der Waals surface area contributed by atoms with E-state index in [0.29, 0.717) is 36.2 Å². The molecular formula is C20H20N4O3. The van der Waals surface area contributed by atoms with Gasteiger partial charge in [0.25, 0.3) is 5.91 Å². The van der Waals surface area contributed by atoms with Crippen molar-refractivity contribution >= 4 is 5.91 Å². The maximum atomic E-state index is 12.6. The molecule has 1 unspecified atom stereocenters. The summed E-state index contributed by atoms with van der Waals surface area (Å²) < 4.78 is 10.8. The Labute approximate surface area is 157 Å².